The Morgan fingerprint density at radius 1 is 1.30 bits per heavy atom. The van der Waals surface area contributed by atoms with Crippen molar-refractivity contribution in [2.75, 3.05) is 7.11 Å². The molecular weight excluding hydrogens is 295 g/mol. The zero-order valence-electron chi connectivity index (χ0n) is 13.0. The molecule has 1 aromatic heterocycles. The van der Waals surface area contributed by atoms with Gasteiger partial charge in [-0.05, 0) is 37.7 Å². The van der Waals surface area contributed by atoms with E-state index < -0.39 is 0 Å². The van der Waals surface area contributed by atoms with E-state index in [-0.39, 0.29) is 23.7 Å². The van der Waals surface area contributed by atoms with Crippen molar-refractivity contribution < 1.29 is 13.9 Å². The molecule has 0 unspecified atom stereocenters. The summed E-state index contributed by atoms with van der Waals surface area (Å²) in [6.07, 6.45) is 7.01. The molecule has 0 bridgehead atoms. The first-order valence-electron chi connectivity index (χ1n) is 8.09. The Balaban J connectivity index is 1.65. The minimum atomic E-state index is -0.147. The maximum absolute atomic E-state index is 14.5. The summed E-state index contributed by atoms with van der Waals surface area (Å²) >= 11 is 0. The van der Waals surface area contributed by atoms with Gasteiger partial charge in [-0.1, -0.05) is 12.1 Å². The quantitative estimate of drug-likeness (QED) is 0.796. The van der Waals surface area contributed by atoms with Gasteiger partial charge in [-0.25, -0.2) is 9.37 Å². The number of benzene rings is 1. The van der Waals surface area contributed by atoms with Crippen molar-refractivity contribution in [3.8, 4) is 11.3 Å². The lowest BCUT2D eigenvalue weighted by Crippen LogP contribution is -2.27. The molecule has 5 heteroatoms. The number of carbonyl (C=O) groups is 1. The van der Waals surface area contributed by atoms with Crippen LogP contribution < -0.4 is 0 Å². The minimum Gasteiger partial charge on any atom is -0.469 e. The van der Waals surface area contributed by atoms with Gasteiger partial charge in [0.25, 0.3) is 0 Å². The topological polar surface area (TPSA) is 44.1 Å². The van der Waals surface area contributed by atoms with Gasteiger partial charge in [0.2, 0.25) is 0 Å². The molecule has 0 radical (unpaired) electrons. The molecule has 0 amide bonds. The van der Waals surface area contributed by atoms with E-state index in [1.54, 1.807) is 18.6 Å². The third kappa shape index (κ3) is 2.18. The number of nitrogens with zero attached hydrogens (tertiary/aromatic N) is 2. The molecule has 2 aliphatic rings. The van der Waals surface area contributed by atoms with Gasteiger partial charge in [0.1, 0.15) is 5.82 Å². The summed E-state index contributed by atoms with van der Waals surface area (Å²) in [5.41, 5.74) is 2.72. The SMILES string of the molecule is COC(=O)C1CCC([C@@H]2c3c(F)cccc3-c3cncn32)CC1. The Kier molecular flexibility index (Phi) is 3.43. The van der Waals surface area contributed by atoms with Gasteiger partial charge in [0, 0.05) is 11.1 Å². The molecule has 23 heavy (non-hydrogen) atoms. The number of hydrogen-bond donors (Lipinski definition) is 0. The molecule has 0 spiro atoms. The minimum absolute atomic E-state index is 0.0118. The summed E-state index contributed by atoms with van der Waals surface area (Å²) in [7, 11) is 1.44. The largest absolute Gasteiger partial charge is 0.469 e. The molecule has 4 rings (SSSR count). The van der Waals surface area contributed by atoms with Crippen molar-refractivity contribution in [2.45, 2.75) is 31.7 Å². The second-order valence-corrected chi connectivity index (χ2v) is 6.47. The molecule has 1 aromatic carbocycles. The van der Waals surface area contributed by atoms with Crippen molar-refractivity contribution in [1.29, 1.82) is 0 Å². The lowest BCUT2D eigenvalue weighted by atomic mass is 9.76. The van der Waals surface area contributed by atoms with Crippen molar-refractivity contribution in [2.24, 2.45) is 11.8 Å². The fourth-order valence-corrected chi connectivity index (χ4v) is 4.24. The number of hydrogen-bond acceptors (Lipinski definition) is 3. The number of halogens is 1. The molecule has 2 heterocycles. The summed E-state index contributed by atoms with van der Waals surface area (Å²) in [4.78, 5) is 15.9. The van der Waals surface area contributed by atoms with E-state index in [0.717, 1.165) is 42.5 Å². The third-order valence-corrected chi connectivity index (χ3v) is 5.34. The lowest BCUT2D eigenvalue weighted by molar-refractivity contribution is -0.146. The van der Waals surface area contributed by atoms with E-state index in [1.807, 2.05) is 6.07 Å². The molecule has 1 atom stereocenters. The number of ether oxygens (including phenoxy) is 1. The molecule has 1 aliphatic heterocycles. The monoisotopic (exact) mass is 314 g/mol. The standard InChI is InChI=1S/C18H19FN2O2/c1-23-18(22)12-7-5-11(6-8-12)17-16-13(3-2-4-14(16)19)15-9-20-10-21(15)17/h2-4,9-12,17H,5-8H2,1H3/t11?,12?,17-/m1/s1. The third-order valence-electron chi connectivity index (χ3n) is 5.34. The molecule has 0 N–H and O–H groups in total. The molecule has 2 aromatic rings. The van der Waals surface area contributed by atoms with Crippen molar-refractivity contribution >= 4 is 5.97 Å². The molecular formula is C18H19FN2O2. The molecule has 1 saturated carbocycles. The van der Waals surface area contributed by atoms with Crippen LogP contribution in [-0.4, -0.2) is 22.6 Å². The van der Waals surface area contributed by atoms with Crippen LogP contribution in [0.5, 0.6) is 0 Å². The summed E-state index contributed by atoms with van der Waals surface area (Å²) in [5.74, 6) is 0.0399. The number of esters is 1. The van der Waals surface area contributed by atoms with Gasteiger partial charge < -0.3 is 9.30 Å². The Morgan fingerprint density at radius 3 is 2.83 bits per heavy atom. The summed E-state index contributed by atoms with van der Waals surface area (Å²) < 4.78 is 21.4. The van der Waals surface area contributed by atoms with Crippen LogP contribution in [-0.2, 0) is 9.53 Å². The second-order valence-electron chi connectivity index (χ2n) is 6.47. The van der Waals surface area contributed by atoms with E-state index >= 15 is 0 Å². The van der Waals surface area contributed by atoms with Crippen LogP contribution in [0.25, 0.3) is 11.3 Å². The number of imidazole rings is 1. The van der Waals surface area contributed by atoms with Crippen LogP contribution in [0.15, 0.2) is 30.7 Å². The van der Waals surface area contributed by atoms with Gasteiger partial charge in [0.15, 0.2) is 0 Å². The van der Waals surface area contributed by atoms with E-state index in [2.05, 4.69) is 9.55 Å². The van der Waals surface area contributed by atoms with Gasteiger partial charge in [-0.3, -0.25) is 4.79 Å². The average molecular weight is 314 g/mol. The Labute approximate surface area is 134 Å². The highest BCUT2D eigenvalue weighted by Crippen LogP contribution is 2.48. The molecule has 1 fully saturated rings. The van der Waals surface area contributed by atoms with Gasteiger partial charge in [0.05, 0.1) is 37.3 Å². The number of aromatic nitrogens is 2. The fraction of sp³-hybridized carbons (Fsp3) is 0.444. The van der Waals surface area contributed by atoms with Gasteiger partial charge >= 0.3 is 5.97 Å². The van der Waals surface area contributed by atoms with Gasteiger partial charge in [-0.2, -0.15) is 0 Å². The molecule has 1 aliphatic carbocycles. The van der Waals surface area contributed by atoms with Gasteiger partial charge in [-0.15, -0.1) is 0 Å². The fourth-order valence-electron chi connectivity index (χ4n) is 4.24. The van der Waals surface area contributed by atoms with E-state index in [0.29, 0.717) is 5.92 Å². The Bertz CT molecular complexity index is 747. The van der Waals surface area contributed by atoms with Crippen LogP contribution in [0.4, 0.5) is 4.39 Å². The predicted molar refractivity (Wildman–Crippen MR) is 83.2 cm³/mol. The Morgan fingerprint density at radius 2 is 2.09 bits per heavy atom. The van der Waals surface area contributed by atoms with Crippen molar-refractivity contribution in [3.63, 3.8) is 0 Å². The lowest BCUT2D eigenvalue weighted by Gasteiger charge is -2.32. The van der Waals surface area contributed by atoms with Crippen LogP contribution in [0.1, 0.15) is 37.3 Å². The molecule has 0 saturated heterocycles. The highest BCUT2D eigenvalue weighted by Gasteiger charge is 2.39. The van der Waals surface area contributed by atoms with E-state index in [1.165, 1.54) is 13.2 Å². The second kappa shape index (κ2) is 5.48. The van der Waals surface area contributed by atoms with Crippen molar-refractivity contribution in [3.05, 3.63) is 42.1 Å². The first-order valence-corrected chi connectivity index (χ1v) is 8.09. The van der Waals surface area contributed by atoms with Crippen molar-refractivity contribution in [1.82, 2.24) is 9.55 Å². The zero-order valence-corrected chi connectivity index (χ0v) is 13.0. The van der Waals surface area contributed by atoms with E-state index in [4.69, 9.17) is 4.74 Å². The first-order chi connectivity index (χ1) is 11.2. The molecule has 120 valence electrons. The summed E-state index contributed by atoms with van der Waals surface area (Å²) in [6.45, 7) is 0. The normalized spacial score (nSPS) is 25.7. The van der Waals surface area contributed by atoms with Crippen LogP contribution in [0.3, 0.4) is 0 Å². The number of rotatable bonds is 2. The first kappa shape index (κ1) is 14.4. The van der Waals surface area contributed by atoms with Crippen LogP contribution in [0.2, 0.25) is 0 Å². The summed E-state index contributed by atoms with van der Waals surface area (Å²) in [5, 5.41) is 0. The Hall–Kier alpha value is -2.17. The number of carbonyl (C=O) groups excluding carboxylic acids is 1. The number of fused-ring (bicyclic) bond motifs is 3. The maximum Gasteiger partial charge on any atom is 0.308 e. The predicted octanol–water partition coefficient (Wildman–Crippen LogP) is 3.57. The zero-order chi connectivity index (χ0) is 16.0. The molecule has 4 nitrogen and oxygen atoms in total. The number of methoxy groups -OCH3 is 1. The highest BCUT2D eigenvalue weighted by atomic mass is 19.1. The average Bonchev–Trinajstić information content (AvgIpc) is 3.16. The maximum atomic E-state index is 14.5. The van der Waals surface area contributed by atoms with E-state index in [9.17, 15) is 9.18 Å². The smallest absolute Gasteiger partial charge is 0.308 e. The van der Waals surface area contributed by atoms with Crippen LogP contribution >= 0.6 is 0 Å². The van der Waals surface area contributed by atoms with Crippen LogP contribution in [0, 0.1) is 17.7 Å². The highest BCUT2D eigenvalue weighted by molar-refractivity contribution is 5.72. The summed E-state index contributed by atoms with van der Waals surface area (Å²) in [6, 6.07) is 5.24.